The average Bonchev–Trinajstić information content (AvgIpc) is 3.12. The number of hydrogen-bond donors (Lipinski definition) is 1. The van der Waals surface area contributed by atoms with Crippen molar-refractivity contribution in [2.45, 2.75) is 19.3 Å². The van der Waals surface area contributed by atoms with Gasteiger partial charge < -0.3 is 19.9 Å². The van der Waals surface area contributed by atoms with E-state index in [9.17, 15) is 14.0 Å². The predicted molar refractivity (Wildman–Crippen MR) is 107 cm³/mol. The molecule has 3 amide bonds. The molecule has 1 N–H and O–H groups in total. The minimum absolute atomic E-state index is 0.118. The molecule has 2 heterocycles. The summed E-state index contributed by atoms with van der Waals surface area (Å²) < 4.78 is 18.8. The Balaban J connectivity index is 1.36. The van der Waals surface area contributed by atoms with Crippen LogP contribution in [0.4, 0.5) is 19.7 Å². The number of hydrogen-bond acceptors (Lipinski definition) is 3. The lowest BCUT2D eigenvalue weighted by atomic mass is 9.79. The number of nitrogens with one attached hydrogen (secondary N) is 1. The first kappa shape index (κ1) is 19.2. The lowest BCUT2D eigenvalue weighted by Gasteiger charge is -2.39. The summed E-state index contributed by atoms with van der Waals surface area (Å²) in [5.74, 6) is 0.139. The standard InChI is InChI=1S/C22H24FN3O3/c23-17-6-4-7-18(14-17)24-20(27)25-13-11-22(15-25)10-5-12-26(16-22)21(28)29-19-8-2-1-3-9-19/h1-4,6-9,14H,5,10-13,15-16H2,(H,24,27)/t22-/m0/s1. The molecule has 4 rings (SSSR count). The van der Waals surface area contributed by atoms with Crippen LogP contribution in [0.5, 0.6) is 5.75 Å². The zero-order valence-electron chi connectivity index (χ0n) is 16.1. The van der Waals surface area contributed by atoms with Crippen molar-refractivity contribution < 1.29 is 18.7 Å². The van der Waals surface area contributed by atoms with Crippen molar-refractivity contribution in [1.82, 2.24) is 9.80 Å². The number of halogens is 1. The number of rotatable bonds is 2. The number of ether oxygens (including phenoxy) is 1. The lowest BCUT2D eigenvalue weighted by molar-refractivity contribution is 0.0872. The Morgan fingerprint density at radius 2 is 1.76 bits per heavy atom. The highest BCUT2D eigenvalue weighted by Crippen LogP contribution is 2.39. The maximum absolute atomic E-state index is 13.3. The molecule has 0 aliphatic carbocycles. The van der Waals surface area contributed by atoms with Gasteiger partial charge in [0.25, 0.3) is 0 Å². The second-order valence-corrected chi connectivity index (χ2v) is 7.82. The van der Waals surface area contributed by atoms with Crippen LogP contribution in [0, 0.1) is 11.2 Å². The zero-order chi connectivity index (χ0) is 20.3. The number of para-hydroxylation sites is 1. The molecule has 6 nitrogen and oxygen atoms in total. The number of carbonyl (C=O) groups is 2. The van der Waals surface area contributed by atoms with Crippen molar-refractivity contribution in [3.8, 4) is 5.75 Å². The Kier molecular flexibility index (Phi) is 5.38. The smallest absolute Gasteiger partial charge is 0.410 e. The fourth-order valence-corrected chi connectivity index (χ4v) is 4.23. The maximum atomic E-state index is 13.3. The van der Waals surface area contributed by atoms with Crippen LogP contribution < -0.4 is 10.1 Å². The van der Waals surface area contributed by atoms with E-state index in [1.165, 1.54) is 12.1 Å². The maximum Gasteiger partial charge on any atom is 0.415 e. The van der Waals surface area contributed by atoms with Crippen LogP contribution in [-0.2, 0) is 0 Å². The van der Waals surface area contributed by atoms with E-state index < -0.39 is 0 Å². The molecule has 0 aromatic heterocycles. The molecule has 1 spiro atoms. The van der Waals surface area contributed by atoms with Gasteiger partial charge in [-0.25, -0.2) is 14.0 Å². The van der Waals surface area contributed by atoms with Gasteiger partial charge in [-0.3, -0.25) is 0 Å². The van der Waals surface area contributed by atoms with Crippen molar-refractivity contribution in [2.75, 3.05) is 31.5 Å². The summed E-state index contributed by atoms with van der Waals surface area (Å²) in [6, 6.07) is 14.7. The highest BCUT2D eigenvalue weighted by Gasteiger charge is 2.44. The van der Waals surface area contributed by atoms with Gasteiger partial charge in [0.1, 0.15) is 11.6 Å². The van der Waals surface area contributed by atoms with Crippen molar-refractivity contribution in [3.05, 3.63) is 60.4 Å². The Hall–Kier alpha value is -3.09. The van der Waals surface area contributed by atoms with Gasteiger partial charge in [0, 0.05) is 37.3 Å². The molecule has 2 aliphatic heterocycles. The fraction of sp³-hybridized carbons (Fsp3) is 0.364. The third kappa shape index (κ3) is 4.50. The Labute approximate surface area is 169 Å². The third-order valence-electron chi connectivity index (χ3n) is 5.67. The van der Waals surface area contributed by atoms with E-state index in [1.54, 1.807) is 34.1 Å². The second-order valence-electron chi connectivity index (χ2n) is 7.82. The fourth-order valence-electron chi connectivity index (χ4n) is 4.23. The largest absolute Gasteiger partial charge is 0.415 e. The van der Waals surface area contributed by atoms with Gasteiger partial charge in [0.05, 0.1) is 0 Å². The molecular formula is C22H24FN3O3. The summed E-state index contributed by atoms with van der Waals surface area (Å²) in [4.78, 5) is 28.7. The number of likely N-dealkylation sites (tertiary alicyclic amines) is 2. The van der Waals surface area contributed by atoms with Crippen molar-refractivity contribution in [2.24, 2.45) is 5.41 Å². The molecule has 2 aromatic rings. The van der Waals surface area contributed by atoms with E-state index in [4.69, 9.17) is 4.74 Å². The summed E-state index contributed by atoms with van der Waals surface area (Å²) in [6.07, 6.45) is 2.33. The van der Waals surface area contributed by atoms with Gasteiger partial charge in [-0.15, -0.1) is 0 Å². The highest BCUT2D eigenvalue weighted by molar-refractivity contribution is 5.89. The number of urea groups is 1. The molecule has 29 heavy (non-hydrogen) atoms. The van der Waals surface area contributed by atoms with Crippen LogP contribution >= 0.6 is 0 Å². The number of anilines is 1. The summed E-state index contributed by atoms with van der Waals surface area (Å²) in [7, 11) is 0. The Morgan fingerprint density at radius 3 is 2.55 bits per heavy atom. The second kappa shape index (κ2) is 8.11. The molecule has 0 unspecified atom stereocenters. The van der Waals surface area contributed by atoms with Gasteiger partial charge in [0.15, 0.2) is 0 Å². The quantitative estimate of drug-likeness (QED) is 0.820. The van der Waals surface area contributed by atoms with Crippen molar-refractivity contribution >= 4 is 17.8 Å². The molecule has 1 atom stereocenters. The predicted octanol–water partition coefficient (Wildman–Crippen LogP) is 4.34. The van der Waals surface area contributed by atoms with E-state index in [1.807, 2.05) is 18.2 Å². The Morgan fingerprint density at radius 1 is 0.966 bits per heavy atom. The molecule has 0 bridgehead atoms. The molecule has 152 valence electrons. The van der Waals surface area contributed by atoms with Gasteiger partial charge in [0.2, 0.25) is 0 Å². The van der Waals surface area contributed by atoms with Gasteiger partial charge in [-0.05, 0) is 49.6 Å². The molecule has 2 fully saturated rings. The van der Waals surface area contributed by atoms with Crippen molar-refractivity contribution in [3.63, 3.8) is 0 Å². The van der Waals surface area contributed by atoms with E-state index in [-0.39, 0.29) is 23.4 Å². The Bertz CT molecular complexity index is 892. The highest BCUT2D eigenvalue weighted by atomic mass is 19.1. The van der Waals surface area contributed by atoms with Crippen LogP contribution in [0.15, 0.2) is 54.6 Å². The summed E-state index contributed by atoms with van der Waals surface area (Å²) in [6.45, 7) is 2.41. The van der Waals surface area contributed by atoms with Crippen LogP contribution in [0.1, 0.15) is 19.3 Å². The number of piperidine rings is 1. The van der Waals surface area contributed by atoms with Crippen LogP contribution in [0.3, 0.4) is 0 Å². The molecule has 2 aliphatic rings. The summed E-state index contributed by atoms with van der Waals surface area (Å²) in [5.41, 5.74) is 0.320. The van der Waals surface area contributed by atoms with Crippen molar-refractivity contribution in [1.29, 1.82) is 0 Å². The van der Waals surface area contributed by atoms with Crippen LogP contribution in [0.2, 0.25) is 0 Å². The normalized spacial score (nSPS) is 21.3. The van der Waals surface area contributed by atoms with Crippen LogP contribution in [-0.4, -0.2) is 48.1 Å². The lowest BCUT2D eigenvalue weighted by Crippen LogP contribution is -2.48. The topological polar surface area (TPSA) is 61.9 Å². The van der Waals surface area contributed by atoms with E-state index in [2.05, 4.69) is 5.32 Å². The van der Waals surface area contributed by atoms with E-state index in [0.29, 0.717) is 37.6 Å². The molecule has 0 radical (unpaired) electrons. The van der Waals surface area contributed by atoms with Crippen LogP contribution in [0.25, 0.3) is 0 Å². The minimum atomic E-state index is -0.388. The zero-order valence-corrected chi connectivity index (χ0v) is 16.1. The molecular weight excluding hydrogens is 373 g/mol. The molecule has 7 heteroatoms. The summed E-state index contributed by atoms with van der Waals surface area (Å²) >= 11 is 0. The molecule has 2 aromatic carbocycles. The van der Waals surface area contributed by atoms with E-state index in [0.717, 1.165) is 19.3 Å². The third-order valence-corrected chi connectivity index (χ3v) is 5.67. The van der Waals surface area contributed by atoms with E-state index >= 15 is 0 Å². The minimum Gasteiger partial charge on any atom is -0.410 e. The number of amides is 3. The average molecular weight is 397 g/mol. The number of benzene rings is 2. The molecule has 0 saturated carbocycles. The molecule has 2 saturated heterocycles. The first-order chi connectivity index (χ1) is 14.0. The van der Waals surface area contributed by atoms with Gasteiger partial charge >= 0.3 is 12.1 Å². The van der Waals surface area contributed by atoms with Gasteiger partial charge in [-0.1, -0.05) is 24.3 Å². The number of carbonyl (C=O) groups excluding carboxylic acids is 2. The summed E-state index contributed by atoms with van der Waals surface area (Å²) in [5, 5.41) is 2.76. The SMILES string of the molecule is O=C(Nc1cccc(F)c1)N1CC[C@@]2(CCCN(C(=O)Oc3ccccc3)C2)C1. The first-order valence-electron chi connectivity index (χ1n) is 9.86. The first-order valence-corrected chi connectivity index (χ1v) is 9.86. The number of nitrogens with zero attached hydrogens (tertiary/aromatic N) is 2. The van der Waals surface area contributed by atoms with Gasteiger partial charge in [-0.2, -0.15) is 0 Å². The monoisotopic (exact) mass is 397 g/mol.